The highest BCUT2D eigenvalue weighted by atomic mass is 28.4. The molecule has 0 saturated heterocycles. The first-order valence-electron chi connectivity index (χ1n) is 13.6. The molecule has 1 aliphatic rings. The van der Waals surface area contributed by atoms with Gasteiger partial charge in [-0.25, -0.2) is 4.79 Å². The Hall–Kier alpha value is -3.61. The zero-order valence-electron chi connectivity index (χ0n) is 24.1. The highest BCUT2D eigenvalue weighted by Crippen LogP contribution is 2.29. The van der Waals surface area contributed by atoms with Gasteiger partial charge in [0.2, 0.25) is 0 Å². The lowest BCUT2D eigenvalue weighted by molar-refractivity contribution is 0.0706. The molecule has 1 aliphatic heterocycles. The summed E-state index contributed by atoms with van der Waals surface area (Å²) in [5.41, 5.74) is 2.40. The van der Waals surface area contributed by atoms with E-state index in [0.29, 0.717) is 75.5 Å². The molecule has 0 atom stereocenters. The van der Waals surface area contributed by atoms with Crippen molar-refractivity contribution in [3.8, 4) is 12.1 Å². The number of amides is 1. The van der Waals surface area contributed by atoms with E-state index in [4.69, 9.17) is 22.8 Å². The van der Waals surface area contributed by atoms with Crippen LogP contribution in [0.2, 0.25) is 6.04 Å². The smallest absolute Gasteiger partial charge is 0.461 e. The Kier molecular flexibility index (Phi) is 14.0. The summed E-state index contributed by atoms with van der Waals surface area (Å²) in [7, 11) is -0.738. The standard InChI is InChI=1S/C29H40N4O6Si/c1-6-36-40(37-7-2,38-8-3)18-9-15-32-29(34)35-17-10-16-33(5)27-13-11-24(12-14-27)28-20-25(19-23(4)39-28)26(21-30)22-31/h11-14,19-20H,6-10,15-18H2,1-5H3,(H,32,34). The van der Waals surface area contributed by atoms with Crippen LogP contribution in [0.5, 0.6) is 0 Å². The lowest BCUT2D eigenvalue weighted by Gasteiger charge is -2.28. The van der Waals surface area contributed by atoms with Crippen molar-refractivity contribution in [3.63, 3.8) is 0 Å². The predicted molar refractivity (Wildman–Crippen MR) is 155 cm³/mol. The van der Waals surface area contributed by atoms with E-state index in [1.54, 1.807) is 19.1 Å². The summed E-state index contributed by atoms with van der Waals surface area (Å²) in [5, 5.41) is 21.1. The first-order valence-corrected chi connectivity index (χ1v) is 15.5. The normalized spacial score (nSPS) is 12.8. The van der Waals surface area contributed by atoms with E-state index in [-0.39, 0.29) is 5.57 Å². The number of ether oxygens (including phenoxy) is 2. The first-order chi connectivity index (χ1) is 19.3. The molecule has 216 valence electrons. The van der Waals surface area contributed by atoms with Crippen LogP contribution in [-0.2, 0) is 22.8 Å². The van der Waals surface area contributed by atoms with Crippen molar-refractivity contribution in [1.82, 2.24) is 5.32 Å². The second-order valence-corrected chi connectivity index (χ2v) is 11.6. The molecular formula is C29H40N4O6Si. The fraction of sp³-hybridized carbons (Fsp3) is 0.483. The highest BCUT2D eigenvalue weighted by molar-refractivity contribution is 6.60. The van der Waals surface area contributed by atoms with E-state index in [2.05, 4.69) is 10.2 Å². The molecule has 0 fully saturated rings. The molecule has 1 heterocycles. The molecule has 1 amide bonds. The van der Waals surface area contributed by atoms with E-state index in [9.17, 15) is 15.3 Å². The quantitative estimate of drug-likeness (QED) is 0.161. The summed E-state index contributed by atoms with van der Waals surface area (Å²) in [6.45, 7) is 10.6. The predicted octanol–water partition coefficient (Wildman–Crippen LogP) is 5.30. The van der Waals surface area contributed by atoms with E-state index in [1.807, 2.05) is 64.2 Å². The van der Waals surface area contributed by atoms with Crippen LogP contribution < -0.4 is 10.2 Å². The zero-order chi connectivity index (χ0) is 29.4. The number of anilines is 1. The minimum absolute atomic E-state index is 0.0424. The van der Waals surface area contributed by atoms with Gasteiger partial charge in [-0.3, -0.25) is 0 Å². The van der Waals surface area contributed by atoms with E-state index in [1.165, 1.54) is 0 Å². The maximum atomic E-state index is 12.1. The molecule has 40 heavy (non-hydrogen) atoms. The average molecular weight is 569 g/mol. The third-order valence-electron chi connectivity index (χ3n) is 5.91. The minimum atomic E-state index is -2.71. The summed E-state index contributed by atoms with van der Waals surface area (Å²) in [5.74, 6) is 1.19. The van der Waals surface area contributed by atoms with Crippen molar-refractivity contribution < 1.29 is 27.5 Å². The molecule has 0 saturated carbocycles. The van der Waals surface area contributed by atoms with Gasteiger partial charge in [0.25, 0.3) is 0 Å². The molecule has 2 rings (SSSR count). The van der Waals surface area contributed by atoms with Crippen LogP contribution in [-0.4, -0.2) is 61.5 Å². The van der Waals surface area contributed by atoms with Crippen molar-refractivity contribution in [2.75, 3.05) is 51.5 Å². The third-order valence-corrected chi connectivity index (χ3v) is 9.07. The third kappa shape index (κ3) is 10.2. The lowest BCUT2D eigenvalue weighted by Crippen LogP contribution is -2.46. The number of carbonyl (C=O) groups excluding carboxylic acids is 1. The van der Waals surface area contributed by atoms with Crippen molar-refractivity contribution >= 4 is 26.3 Å². The van der Waals surface area contributed by atoms with E-state index >= 15 is 0 Å². The van der Waals surface area contributed by atoms with Gasteiger partial charge in [-0.1, -0.05) is 0 Å². The van der Waals surface area contributed by atoms with E-state index < -0.39 is 14.9 Å². The molecule has 1 N–H and O–H groups in total. The number of benzene rings is 1. The van der Waals surface area contributed by atoms with Crippen molar-refractivity contribution in [1.29, 1.82) is 10.5 Å². The molecule has 0 bridgehead atoms. The summed E-state index contributed by atoms with van der Waals surface area (Å²) in [6, 6.07) is 12.3. The topological polar surface area (TPSA) is 126 Å². The molecule has 1 aromatic rings. The van der Waals surface area contributed by atoms with Gasteiger partial charge >= 0.3 is 14.9 Å². The fourth-order valence-electron chi connectivity index (χ4n) is 4.10. The van der Waals surface area contributed by atoms with Gasteiger partial charge in [-0.15, -0.1) is 0 Å². The van der Waals surface area contributed by atoms with Crippen LogP contribution >= 0.6 is 0 Å². The van der Waals surface area contributed by atoms with Crippen LogP contribution in [0.15, 0.2) is 53.3 Å². The Balaban J connectivity index is 1.77. The summed E-state index contributed by atoms with van der Waals surface area (Å²) >= 11 is 0. The number of rotatable bonds is 16. The Morgan fingerprint density at radius 3 is 2.20 bits per heavy atom. The first kappa shape index (κ1) is 32.6. The van der Waals surface area contributed by atoms with Crippen molar-refractivity contribution in [2.24, 2.45) is 0 Å². The van der Waals surface area contributed by atoms with Crippen LogP contribution in [0.1, 0.15) is 46.1 Å². The Morgan fingerprint density at radius 2 is 1.62 bits per heavy atom. The molecule has 0 unspecified atom stereocenters. The second kappa shape index (κ2) is 17.2. The summed E-state index contributed by atoms with van der Waals surface area (Å²) in [4.78, 5) is 14.2. The van der Waals surface area contributed by atoms with Gasteiger partial charge in [0.15, 0.2) is 0 Å². The van der Waals surface area contributed by atoms with Crippen LogP contribution in [0.4, 0.5) is 10.5 Å². The number of allylic oxidation sites excluding steroid dienone is 5. The molecule has 1 aromatic carbocycles. The Bertz CT molecular complexity index is 1120. The maximum Gasteiger partial charge on any atom is 0.500 e. The fourth-order valence-corrected chi connectivity index (χ4v) is 6.71. The molecular weight excluding hydrogens is 528 g/mol. The number of carbonyl (C=O) groups is 1. The van der Waals surface area contributed by atoms with Crippen molar-refractivity contribution in [3.05, 3.63) is 58.9 Å². The van der Waals surface area contributed by atoms with Gasteiger partial charge in [0.1, 0.15) is 29.2 Å². The zero-order valence-corrected chi connectivity index (χ0v) is 25.1. The second-order valence-electron chi connectivity index (χ2n) is 8.89. The van der Waals surface area contributed by atoms with Gasteiger partial charge in [0.05, 0.1) is 6.61 Å². The largest absolute Gasteiger partial charge is 0.500 e. The lowest BCUT2D eigenvalue weighted by atomic mass is 10.0. The summed E-state index contributed by atoms with van der Waals surface area (Å²) < 4.78 is 28.6. The minimum Gasteiger partial charge on any atom is -0.461 e. The van der Waals surface area contributed by atoms with Gasteiger partial charge in [-0.05, 0) is 77.0 Å². The molecule has 0 aliphatic carbocycles. The van der Waals surface area contributed by atoms with Crippen LogP contribution in [0, 0.1) is 22.7 Å². The van der Waals surface area contributed by atoms with Crippen LogP contribution in [0.25, 0.3) is 5.76 Å². The number of hydrogen-bond acceptors (Lipinski definition) is 9. The Labute approximate surface area is 238 Å². The SMILES string of the molecule is CCO[Si](CCCNC(=O)OCCCN(C)c1ccc(C2=CC(=C(C#N)C#N)C=C(C)O2)cc1)(OCC)OCC. The summed E-state index contributed by atoms with van der Waals surface area (Å²) in [6.07, 6.45) is 4.27. The molecule has 0 spiro atoms. The van der Waals surface area contributed by atoms with Gasteiger partial charge in [0, 0.05) is 62.8 Å². The number of hydrogen-bond donors (Lipinski definition) is 1. The number of alkyl carbamates (subject to hydrolysis) is 1. The number of nitrogens with one attached hydrogen (secondary N) is 1. The van der Waals surface area contributed by atoms with Gasteiger partial charge in [-0.2, -0.15) is 10.5 Å². The number of nitriles is 2. The monoisotopic (exact) mass is 568 g/mol. The molecule has 10 nitrogen and oxygen atoms in total. The van der Waals surface area contributed by atoms with Gasteiger partial charge < -0.3 is 33.0 Å². The molecule has 0 radical (unpaired) electrons. The van der Waals surface area contributed by atoms with Crippen LogP contribution in [0.3, 0.4) is 0 Å². The molecule has 11 heteroatoms. The Morgan fingerprint density at radius 1 is 1.00 bits per heavy atom. The maximum absolute atomic E-state index is 12.1. The van der Waals surface area contributed by atoms with E-state index in [0.717, 1.165) is 11.3 Å². The molecule has 0 aromatic heterocycles. The average Bonchev–Trinajstić information content (AvgIpc) is 2.94. The van der Waals surface area contributed by atoms with Crippen molar-refractivity contribution in [2.45, 2.75) is 46.6 Å². The highest BCUT2D eigenvalue weighted by Gasteiger charge is 2.39. The number of nitrogens with zero attached hydrogens (tertiary/aromatic N) is 3.